The lowest BCUT2D eigenvalue weighted by Gasteiger charge is -2.27. The molecule has 1 rings (SSSR count). The summed E-state index contributed by atoms with van der Waals surface area (Å²) in [6.45, 7) is 20.2. The van der Waals surface area contributed by atoms with Crippen LogP contribution in [0.3, 0.4) is 0 Å². The molecule has 0 bridgehead atoms. The van der Waals surface area contributed by atoms with Crippen LogP contribution in [0.4, 0.5) is 10.6 Å². The molecule has 1 aromatic heterocycles. The van der Waals surface area contributed by atoms with Gasteiger partial charge in [-0.3, -0.25) is 4.79 Å². The summed E-state index contributed by atoms with van der Waals surface area (Å²) in [5.74, 6) is -0.0379. The lowest BCUT2D eigenvalue weighted by Crippen LogP contribution is -2.44. The van der Waals surface area contributed by atoms with E-state index in [1.807, 2.05) is 20.8 Å². The van der Waals surface area contributed by atoms with Crippen LogP contribution >= 0.6 is 11.6 Å². The number of hydrogen-bond acceptors (Lipinski definition) is 7. The van der Waals surface area contributed by atoms with Gasteiger partial charge in [0, 0.05) is 12.1 Å². The van der Waals surface area contributed by atoms with Gasteiger partial charge in [-0.15, -0.1) is 11.6 Å². The van der Waals surface area contributed by atoms with E-state index in [0.29, 0.717) is 0 Å². The molecular formula is C24H42ClN3O5. The van der Waals surface area contributed by atoms with Gasteiger partial charge in [-0.1, -0.05) is 20.8 Å². The van der Waals surface area contributed by atoms with Gasteiger partial charge in [0.1, 0.15) is 18.0 Å². The number of rotatable bonds is 4. The number of allylic oxidation sites excluding steroid dienone is 1. The third kappa shape index (κ3) is 15.9. The van der Waals surface area contributed by atoms with Gasteiger partial charge in [-0.05, 0) is 73.4 Å². The van der Waals surface area contributed by atoms with Crippen LogP contribution in [-0.2, 0) is 14.3 Å². The van der Waals surface area contributed by atoms with Crippen LogP contribution in [0.2, 0.25) is 0 Å². The Bertz CT molecular complexity index is 726. The van der Waals surface area contributed by atoms with E-state index in [0.717, 1.165) is 10.8 Å². The Kier molecular flexibility index (Phi) is 19.2. The highest BCUT2D eigenvalue weighted by Crippen LogP contribution is 2.25. The number of imide groups is 1. The van der Waals surface area contributed by atoms with Crippen LogP contribution in [0, 0.1) is 5.41 Å². The number of ether oxygens (including phenoxy) is 2. The molecule has 0 aromatic carbocycles. The Balaban J connectivity index is -0.00000115. The molecule has 33 heavy (non-hydrogen) atoms. The van der Waals surface area contributed by atoms with Gasteiger partial charge < -0.3 is 20.0 Å². The number of aliphatic hydroxyl groups excluding tert-OH is 1. The molecule has 0 aliphatic carbocycles. The van der Waals surface area contributed by atoms with Crippen molar-refractivity contribution >= 4 is 41.9 Å². The third-order valence-corrected chi connectivity index (χ3v) is 3.00. The van der Waals surface area contributed by atoms with Gasteiger partial charge in [0.05, 0.1) is 11.2 Å². The topological polar surface area (TPSA) is 113 Å². The highest BCUT2D eigenvalue weighted by atomic mass is 35.5. The summed E-state index contributed by atoms with van der Waals surface area (Å²) in [4.78, 5) is 30.3. The monoisotopic (exact) mass is 487 g/mol. The molecular weight excluding hydrogens is 446 g/mol. The Hall–Kier alpha value is -2.45. The van der Waals surface area contributed by atoms with Crippen molar-refractivity contribution in [3.8, 4) is 0 Å². The molecule has 0 saturated heterocycles. The van der Waals surface area contributed by atoms with Crippen LogP contribution in [0.15, 0.2) is 24.4 Å². The molecule has 8 nitrogen and oxygen atoms in total. The van der Waals surface area contributed by atoms with Crippen LogP contribution in [0.5, 0.6) is 0 Å². The van der Waals surface area contributed by atoms with Crippen molar-refractivity contribution in [1.82, 2.24) is 4.98 Å². The number of anilines is 1. The number of aromatic nitrogens is 1. The predicted octanol–water partition coefficient (Wildman–Crippen LogP) is 6.62. The van der Waals surface area contributed by atoms with E-state index in [-0.39, 0.29) is 23.7 Å². The molecule has 2 N–H and O–H groups in total. The molecule has 0 aliphatic heterocycles. The number of nitrogens with one attached hydrogen (secondary N) is 1. The van der Waals surface area contributed by atoms with Crippen molar-refractivity contribution in [3.05, 3.63) is 30.0 Å². The Morgan fingerprint density at radius 3 is 2.06 bits per heavy atom. The zero-order chi connectivity index (χ0) is 26.8. The molecule has 0 saturated carbocycles. The minimum Gasteiger partial charge on any atom is -0.508 e. The summed E-state index contributed by atoms with van der Waals surface area (Å²) in [7, 11) is 0. The molecule has 1 aromatic rings. The van der Waals surface area contributed by atoms with Crippen molar-refractivity contribution < 1.29 is 24.2 Å². The Morgan fingerprint density at radius 2 is 1.67 bits per heavy atom. The molecule has 0 aliphatic rings. The molecule has 0 fully saturated rings. The average Bonchev–Trinajstić information content (AvgIpc) is 2.74. The second-order valence-electron chi connectivity index (χ2n) is 7.93. The molecule has 0 unspecified atom stereocenters. The first-order valence-corrected chi connectivity index (χ1v) is 11.2. The lowest BCUT2D eigenvalue weighted by atomic mass is 10.2. The largest absolute Gasteiger partial charge is 0.508 e. The first kappa shape index (κ1) is 35.1. The van der Waals surface area contributed by atoms with E-state index in [1.54, 1.807) is 60.6 Å². The first-order chi connectivity index (χ1) is 15.3. The van der Waals surface area contributed by atoms with Crippen LogP contribution in [0.1, 0.15) is 74.8 Å². The maximum absolute atomic E-state index is 12.7. The van der Waals surface area contributed by atoms with Crippen molar-refractivity contribution in [2.45, 2.75) is 80.4 Å². The van der Waals surface area contributed by atoms with E-state index in [1.165, 1.54) is 12.3 Å². The number of pyridine rings is 1. The Labute approximate surface area is 204 Å². The van der Waals surface area contributed by atoms with Crippen molar-refractivity contribution in [2.75, 3.05) is 17.4 Å². The SMILES string of the molecule is C/C=C(\O)c1cccnc1N(C(=O)COC(C)(C)C)C(=O)OC(C)(C)C.C=N.CC.CCCl. The number of alkyl halides is 1. The van der Waals surface area contributed by atoms with Crippen molar-refractivity contribution in [2.24, 2.45) is 0 Å². The van der Waals surface area contributed by atoms with E-state index >= 15 is 0 Å². The number of amides is 2. The van der Waals surface area contributed by atoms with E-state index in [9.17, 15) is 14.7 Å². The second-order valence-corrected chi connectivity index (χ2v) is 8.46. The lowest BCUT2D eigenvalue weighted by molar-refractivity contribution is -0.127. The highest BCUT2D eigenvalue weighted by molar-refractivity contribution is 6.17. The van der Waals surface area contributed by atoms with Crippen LogP contribution in [-0.4, -0.2) is 52.5 Å². The zero-order valence-electron chi connectivity index (χ0n) is 21.8. The quantitative estimate of drug-likeness (QED) is 0.280. The molecule has 1 heterocycles. The second kappa shape index (κ2) is 18.0. The predicted molar refractivity (Wildman–Crippen MR) is 138 cm³/mol. The minimum absolute atomic E-state index is 0.0140. The van der Waals surface area contributed by atoms with Crippen LogP contribution in [0.25, 0.3) is 5.76 Å². The smallest absolute Gasteiger partial charge is 0.423 e. The normalized spacial score (nSPS) is 10.8. The van der Waals surface area contributed by atoms with Gasteiger partial charge in [0.15, 0.2) is 5.82 Å². The average molecular weight is 488 g/mol. The maximum atomic E-state index is 12.7. The molecule has 9 heteroatoms. The fourth-order valence-electron chi connectivity index (χ4n) is 1.89. The number of carbonyl (C=O) groups excluding carboxylic acids is 2. The summed E-state index contributed by atoms with van der Waals surface area (Å²) in [6, 6.07) is 3.16. The standard InChI is InChI=1S/C19H28N2O5.C2H5Cl.C2H6.CH3N/c1-8-14(22)13-10-9-11-20-16(13)21(17(24)26-19(5,6)7)15(23)12-25-18(2,3)4;1-2-3;2*1-2/h8-11,22H,12H2,1-7H3;2H2,1H3;1-2H3;2H,1H2/b14-8-;;;. The number of nitrogens with zero attached hydrogens (tertiary/aromatic N) is 2. The first-order valence-electron chi connectivity index (χ1n) is 10.7. The maximum Gasteiger partial charge on any atom is 0.423 e. The van der Waals surface area contributed by atoms with E-state index < -0.39 is 23.2 Å². The molecule has 190 valence electrons. The van der Waals surface area contributed by atoms with Crippen molar-refractivity contribution in [3.63, 3.8) is 0 Å². The zero-order valence-corrected chi connectivity index (χ0v) is 22.5. The summed E-state index contributed by atoms with van der Waals surface area (Å²) in [5.41, 5.74) is -1.13. The fraction of sp³-hybridized carbons (Fsp3) is 0.583. The summed E-state index contributed by atoms with van der Waals surface area (Å²) >= 11 is 5.00. The van der Waals surface area contributed by atoms with Gasteiger partial charge in [-0.25, -0.2) is 9.78 Å². The van der Waals surface area contributed by atoms with Gasteiger partial charge in [-0.2, -0.15) is 4.90 Å². The number of carbonyl (C=O) groups is 2. The summed E-state index contributed by atoms with van der Waals surface area (Å²) in [5, 5.41) is 15.6. The third-order valence-electron chi connectivity index (χ3n) is 3.00. The molecule has 2 amide bonds. The fourth-order valence-corrected chi connectivity index (χ4v) is 1.89. The number of halogens is 1. The number of hydrogen-bond donors (Lipinski definition) is 2. The highest BCUT2D eigenvalue weighted by Gasteiger charge is 2.32. The van der Waals surface area contributed by atoms with Gasteiger partial charge in [0.2, 0.25) is 0 Å². The van der Waals surface area contributed by atoms with Crippen molar-refractivity contribution in [1.29, 1.82) is 5.41 Å². The van der Waals surface area contributed by atoms with E-state index in [4.69, 9.17) is 26.5 Å². The molecule has 0 radical (unpaired) electrons. The van der Waals surface area contributed by atoms with E-state index in [2.05, 4.69) is 11.7 Å². The molecule has 0 atom stereocenters. The van der Waals surface area contributed by atoms with Crippen LogP contribution < -0.4 is 4.90 Å². The molecule has 0 spiro atoms. The summed E-state index contributed by atoms with van der Waals surface area (Å²) in [6.07, 6.45) is 1.99. The Morgan fingerprint density at radius 1 is 1.18 bits per heavy atom. The summed E-state index contributed by atoms with van der Waals surface area (Å²) < 4.78 is 10.8. The minimum atomic E-state index is -0.885. The van der Waals surface area contributed by atoms with Gasteiger partial charge in [0.25, 0.3) is 5.91 Å². The van der Waals surface area contributed by atoms with Gasteiger partial charge >= 0.3 is 6.09 Å². The number of aliphatic hydroxyl groups is 1.